The fourth-order valence-electron chi connectivity index (χ4n) is 2.85. The molecule has 2 heteroatoms. The SMILES string of the molecule is CCNC(C)CCN1CCC(C(C)(C)C)CC1. The molecule has 0 aliphatic carbocycles. The van der Waals surface area contributed by atoms with Crippen LogP contribution >= 0.6 is 0 Å². The molecule has 1 heterocycles. The van der Waals surface area contributed by atoms with Crippen LogP contribution in [0.25, 0.3) is 0 Å². The van der Waals surface area contributed by atoms with Gasteiger partial charge in [-0.05, 0) is 63.7 Å². The Hall–Kier alpha value is -0.0800. The van der Waals surface area contributed by atoms with E-state index >= 15 is 0 Å². The van der Waals surface area contributed by atoms with Crippen LogP contribution < -0.4 is 5.32 Å². The van der Waals surface area contributed by atoms with Gasteiger partial charge in [-0.1, -0.05) is 27.7 Å². The number of rotatable bonds is 5. The van der Waals surface area contributed by atoms with Crippen LogP contribution in [-0.4, -0.2) is 37.1 Å². The second-order valence-electron chi connectivity index (χ2n) is 6.73. The highest BCUT2D eigenvalue weighted by Crippen LogP contribution is 2.34. The van der Waals surface area contributed by atoms with Gasteiger partial charge in [0.1, 0.15) is 0 Å². The predicted molar refractivity (Wildman–Crippen MR) is 76.4 cm³/mol. The van der Waals surface area contributed by atoms with Crippen molar-refractivity contribution in [2.24, 2.45) is 11.3 Å². The third kappa shape index (κ3) is 5.39. The molecular weight excluding hydrogens is 208 g/mol. The summed E-state index contributed by atoms with van der Waals surface area (Å²) in [6, 6.07) is 0.667. The van der Waals surface area contributed by atoms with Crippen molar-refractivity contribution in [3.63, 3.8) is 0 Å². The number of likely N-dealkylation sites (tertiary alicyclic amines) is 1. The van der Waals surface area contributed by atoms with Gasteiger partial charge >= 0.3 is 0 Å². The first-order chi connectivity index (χ1) is 7.93. The lowest BCUT2D eigenvalue weighted by atomic mass is 9.75. The molecule has 0 spiro atoms. The molecular formula is C15H32N2. The van der Waals surface area contributed by atoms with Gasteiger partial charge in [-0.15, -0.1) is 0 Å². The Bertz CT molecular complexity index is 199. The minimum atomic E-state index is 0.503. The first kappa shape index (κ1) is 15.0. The molecule has 1 unspecified atom stereocenters. The molecule has 1 N–H and O–H groups in total. The fourth-order valence-corrected chi connectivity index (χ4v) is 2.85. The Morgan fingerprint density at radius 2 is 1.82 bits per heavy atom. The average Bonchev–Trinajstić information content (AvgIpc) is 2.26. The maximum atomic E-state index is 3.49. The molecule has 1 saturated heterocycles. The fraction of sp³-hybridized carbons (Fsp3) is 1.00. The summed E-state index contributed by atoms with van der Waals surface area (Å²) in [5.41, 5.74) is 0.503. The summed E-state index contributed by atoms with van der Waals surface area (Å²) in [5, 5.41) is 3.49. The summed E-state index contributed by atoms with van der Waals surface area (Å²) in [4.78, 5) is 2.65. The summed E-state index contributed by atoms with van der Waals surface area (Å²) >= 11 is 0. The quantitative estimate of drug-likeness (QED) is 0.794. The minimum Gasteiger partial charge on any atom is -0.314 e. The van der Waals surface area contributed by atoms with Crippen molar-refractivity contribution in [1.29, 1.82) is 0 Å². The molecule has 0 aromatic carbocycles. The van der Waals surface area contributed by atoms with E-state index in [1.54, 1.807) is 0 Å². The van der Waals surface area contributed by atoms with Gasteiger partial charge in [-0.3, -0.25) is 0 Å². The molecule has 1 aliphatic heterocycles. The van der Waals surface area contributed by atoms with E-state index in [0.717, 1.165) is 12.5 Å². The Labute approximate surface area is 108 Å². The molecule has 2 nitrogen and oxygen atoms in total. The molecule has 17 heavy (non-hydrogen) atoms. The van der Waals surface area contributed by atoms with Crippen LogP contribution in [-0.2, 0) is 0 Å². The van der Waals surface area contributed by atoms with E-state index in [1.807, 2.05) is 0 Å². The summed E-state index contributed by atoms with van der Waals surface area (Å²) in [5.74, 6) is 0.921. The smallest absolute Gasteiger partial charge is 0.00507 e. The first-order valence-electron chi connectivity index (χ1n) is 7.39. The van der Waals surface area contributed by atoms with E-state index in [0.29, 0.717) is 11.5 Å². The molecule has 102 valence electrons. The normalized spacial score (nSPS) is 21.7. The zero-order valence-corrected chi connectivity index (χ0v) is 12.6. The summed E-state index contributed by atoms with van der Waals surface area (Å²) < 4.78 is 0. The van der Waals surface area contributed by atoms with Crippen molar-refractivity contribution in [3.8, 4) is 0 Å². The zero-order chi connectivity index (χ0) is 12.9. The second-order valence-corrected chi connectivity index (χ2v) is 6.73. The second kappa shape index (κ2) is 6.75. The van der Waals surface area contributed by atoms with E-state index in [4.69, 9.17) is 0 Å². The van der Waals surface area contributed by atoms with E-state index in [1.165, 1.54) is 38.9 Å². The van der Waals surface area contributed by atoms with Gasteiger partial charge in [-0.25, -0.2) is 0 Å². The minimum absolute atomic E-state index is 0.503. The highest BCUT2D eigenvalue weighted by Gasteiger charge is 2.28. The van der Waals surface area contributed by atoms with Gasteiger partial charge in [0.2, 0.25) is 0 Å². The summed E-state index contributed by atoms with van der Waals surface area (Å²) in [6.07, 6.45) is 4.06. The molecule has 1 atom stereocenters. The Balaban J connectivity index is 2.19. The predicted octanol–water partition coefficient (Wildman–Crippen LogP) is 3.13. The van der Waals surface area contributed by atoms with E-state index in [9.17, 15) is 0 Å². The first-order valence-corrected chi connectivity index (χ1v) is 7.39. The molecule has 0 bridgehead atoms. The maximum Gasteiger partial charge on any atom is 0.00507 e. The molecule has 1 fully saturated rings. The molecule has 0 aromatic heterocycles. The van der Waals surface area contributed by atoms with Crippen molar-refractivity contribution in [2.75, 3.05) is 26.2 Å². The Kier molecular flexibility index (Phi) is 5.94. The van der Waals surface area contributed by atoms with Gasteiger partial charge in [-0.2, -0.15) is 0 Å². The molecule has 0 amide bonds. The van der Waals surface area contributed by atoms with Gasteiger partial charge in [0.25, 0.3) is 0 Å². The maximum absolute atomic E-state index is 3.49. The Morgan fingerprint density at radius 3 is 2.29 bits per heavy atom. The van der Waals surface area contributed by atoms with Crippen LogP contribution in [0.2, 0.25) is 0 Å². The van der Waals surface area contributed by atoms with E-state index < -0.39 is 0 Å². The van der Waals surface area contributed by atoms with E-state index in [2.05, 4.69) is 44.8 Å². The number of hydrogen-bond acceptors (Lipinski definition) is 2. The van der Waals surface area contributed by atoms with Crippen LogP contribution in [0.15, 0.2) is 0 Å². The number of piperidine rings is 1. The number of nitrogens with zero attached hydrogens (tertiary/aromatic N) is 1. The number of nitrogens with one attached hydrogen (secondary N) is 1. The molecule has 1 rings (SSSR count). The summed E-state index contributed by atoms with van der Waals surface area (Å²) in [7, 11) is 0. The van der Waals surface area contributed by atoms with Crippen LogP contribution in [0.5, 0.6) is 0 Å². The lowest BCUT2D eigenvalue weighted by Gasteiger charge is -2.39. The molecule has 0 saturated carbocycles. The molecule has 0 radical (unpaired) electrons. The van der Waals surface area contributed by atoms with Gasteiger partial charge in [0, 0.05) is 6.04 Å². The largest absolute Gasteiger partial charge is 0.314 e. The van der Waals surface area contributed by atoms with E-state index in [-0.39, 0.29) is 0 Å². The van der Waals surface area contributed by atoms with Crippen LogP contribution in [0, 0.1) is 11.3 Å². The van der Waals surface area contributed by atoms with Crippen LogP contribution in [0.3, 0.4) is 0 Å². The third-order valence-electron chi connectivity index (χ3n) is 4.24. The van der Waals surface area contributed by atoms with Gasteiger partial charge in [0.15, 0.2) is 0 Å². The topological polar surface area (TPSA) is 15.3 Å². The van der Waals surface area contributed by atoms with Crippen molar-refractivity contribution in [1.82, 2.24) is 10.2 Å². The third-order valence-corrected chi connectivity index (χ3v) is 4.24. The monoisotopic (exact) mass is 240 g/mol. The van der Waals surface area contributed by atoms with Crippen LogP contribution in [0.4, 0.5) is 0 Å². The van der Waals surface area contributed by atoms with Crippen molar-refractivity contribution >= 4 is 0 Å². The lowest BCUT2D eigenvalue weighted by molar-refractivity contribution is 0.110. The summed E-state index contributed by atoms with van der Waals surface area (Å²) in [6.45, 7) is 16.6. The molecule has 0 aromatic rings. The molecule has 1 aliphatic rings. The zero-order valence-electron chi connectivity index (χ0n) is 12.6. The van der Waals surface area contributed by atoms with Crippen molar-refractivity contribution in [3.05, 3.63) is 0 Å². The van der Waals surface area contributed by atoms with Gasteiger partial charge < -0.3 is 10.2 Å². The highest BCUT2D eigenvalue weighted by atomic mass is 15.1. The number of hydrogen-bond donors (Lipinski definition) is 1. The Morgan fingerprint density at radius 1 is 1.24 bits per heavy atom. The van der Waals surface area contributed by atoms with Crippen molar-refractivity contribution < 1.29 is 0 Å². The highest BCUT2D eigenvalue weighted by molar-refractivity contribution is 4.81. The van der Waals surface area contributed by atoms with Crippen molar-refractivity contribution in [2.45, 2.75) is 59.9 Å². The van der Waals surface area contributed by atoms with Gasteiger partial charge in [0.05, 0.1) is 0 Å². The standard InChI is InChI=1S/C15H32N2/c1-6-16-13(2)7-10-17-11-8-14(9-12-17)15(3,4)5/h13-14,16H,6-12H2,1-5H3. The average molecular weight is 240 g/mol. The lowest BCUT2D eigenvalue weighted by Crippen LogP contribution is -2.40. The van der Waals surface area contributed by atoms with Crippen LogP contribution in [0.1, 0.15) is 53.9 Å².